The van der Waals surface area contributed by atoms with Gasteiger partial charge in [-0.1, -0.05) is 11.6 Å². The second-order valence-corrected chi connectivity index (χ2v) is 8.05. The third-order valence-corrected chi connectivity index (χ3v) is 5.76. The van der Waals surface area contributed by atoms with Gasteiger partial charge in [0.2, 0.25) is 10.0 Å². The molecule has 1 aromatic carbocycles. The van der Waals surface area contributed by atoms with E-state index < -0.39 is 10.0 Å². The fraction of sp³-hybridized carbons (Fsp3) is 0.600. The molecule has 2 saturated heterocycles. The Morgan fingerprint density at radius 3 is 2.68 bits per heavy atom. The summed E-state index contributed by atoms with van der Waals surface area (Å²) in [6, 6.07) is 5.34. The van der Waals surface area contributed by atoms with Gasteiger partial charge in [-0.25, -0.2) is 8.42 Å². The van der Waals surface area contributed by atoms with Gasteiger partial charge >= 0.3 is 0 Å². The third-order valence-electron chi connectivity index (χ3n) is 4.10. The Balaban J connectivity index is 1.68. The molecule has 2 heterocycles. The first-order valence-corrected chi connectivity index (χ1v) is 9.73. The van der Waals surface area contributed by atoms with Crippen molar-refractivity contribution < 1.29 is 13.2 Å². The van der Waals surface area contributed by atoms with E-state index in [1.165, 1.54) is 12.8 Å². The summed E-state index contributed by atoms with van der Waals surface area (Å²) in [5.74, 6) is -0.00149. The number of hydrogen-bond acceptors (Lipinski definition) is 4. The molecule has 3 rings (SSSR count). The van der Waals surface area contributed by atoms with E-state index in [0.29, 0.717) is 17.3 Å². The predicted octanol–water partition coefficient (Wildman–Crippen LogP) is 2.86. The normalized spacial score (nSPS) is 22.2. The standard InChI is InChI=1S/C15H21ClN2O3S/c16-14-10-12(5-6-15(14)18-7-1-2-8-18)17-22(19,20)11-13-4-3-9-21-13/h5-6,10,13,17H,1-4,7-9,11H2. The van der Waals surface area contributed by atoms with Gasteiger partial charge in [0.05, 0.1) is 28.3 Å². The first-order valence-electron chi connectivity index (χ1n) is 7.70. The van der Waals surface area contributed by atoms with Crippen molar-refractivity contribution in [3.63, 3.8) is 0 Å². The molecular formula is C15H21ClN2O3S. The van der Waals surface area contributed by atoms with Gasteiger partial charge in [0.25, 0.3) is 0 Å². The minimum absolute atomic E-state index is 0.00149. The topological polar surface area (TPSA) is 58.6 Å². The molecule has 1 N–H and O–H groups in total. The van der Waals surface area contributed by atoms with Crippen LogP contribution >= 0.6 is 11.6 Å². The zero-order valence-electron chi connectivity index (χ0n) is 12.4. The van der Waals surface area contributed by atoms with Crippen LogP contribution in [-0.2, 0) is 14.8 Å². The Bertz CT molecular complexity index is 624. The number of nitrogens with zero attached hydrogens (tertiary/aromatic N) is 1. The van der Waals surface area contributed by atoms with Crippen LogP contribution in [0.5, 0.6) is 0 Å². The Kier molecular flexibility index (Phi) is 4.80. The lowest BCUT2D eigenvalue weighted by Crippen LogP contribution is -2.25. The fourth-order valence-electron chi connectivity index (χ4n) is 3.03. The highest BCUT2D eigenvalue weighted by Crippen LogP contribution is 2.31. The van der Waals surface area contributed by atoms with Crippen molar-refractivity contribution >= 4 is 33.0 Å². The summed E-state index contributed by atoms with van der Waals surface area (Å²) >= 11 is 6.31. The molecule has 2 fully saturated rings. The van der Waals surface area contributed by atoms with Crippen LogP contribution in [0.4, 0.5) is 11.4 Å². The highest BCUT2D eigenvalue weighted by molar-refractivity contribution is 7.92. The van der Waals surface area contributed by atoms with Crippen molar-refractivity contribution in [3.05, 3.63) is 23.2 Å². The summed E-state index contributed by atoms with van der Waals surface area (Å²) < 4.78 is 32.3. The van der Waals surface area contributed by atoms with E-state index >= 15 is 0 Å². The van der Waals surface area contributed by atoms with E-state index in [1.54, 1.807) is 12.1 Å². The summed E-state index contributed by atoms with van der Waals surface area (Å²) in [5, 5.41) is 0.583. The molecule has 122 valence electrons. The Labute approximate surface area is 136 Å². The molecule has 22 heavy (non-hydrogen) atoms. The van der Waals surface area contributed by atoms with E-state index in [0.717, 1.165) is 31.6 Å². The lowest BCUT2D eigenvalue weighted by Gasteiger charge is -2.20. The number of nitrogens with one attached hydrogen (secondary N) is 1. The fourth-order valence-corrected chi connectivity index (χ4v) is 4.65. The number of rotatable bonds is 5. The van der Waals surface area contributed by atoms with Gasteiger partial charge in [0.15, 0.2) is 0 Å². The molecule has 1 unspecified atom stereocenters. The number of benzene rings is 1. The van der Waals surface area contributed by atoms with Gasteiger partial charge in [0.1, 0.15) is 0 Å². The minimum atomic E-state index is -3.41. The molecule has 5 nitrogen and oxygen atoms in total. The molecular weight excluding hydrogens is 324 g/mol. The SMILES string of the molecule is O=S(=O)(CC1CCCO1)Nc1ccc(N2CCCC2)c(Cl)c1. The molecule has 1 atom stereocenters. The average molecular weight is 345 g/mol. The summed E-state index contributed by atoms with van der Waals surface area (Å²) in [7, 11) is -3.41. The van der Waals surface area contributed by atoms with Crippen LogP contribution in [0.2, 0.25) is 5.02 Å². The number of ether oxygens (including phenoxy) is 1. The highest BCUT2D eigenvalue weighted by Gasteiger charge is 2.23. The van der Waals surface area contributed by atoms with Gasteiger partial charge < -0.3 is 9.64 Å². The van der Waals surface area contributed by atoms with E-state index in [2.05, 4.69) is 9.62 Å². The van der Waals surface area contributed by atoms with E-state index in [9.17, 15) is 8.42 Å². The summed E-state index contributed by atoms with van der Waals surface area (Å²) in [6.07, 6.45) is 3.88. The maximum atomic E-state index is 12.2. The maximum Gasteiger partial charge on any atom is 0.235 e. The Hall–Kier alpha value is -0.980. The second kappa shape index (κ2) is 6.64. The lowest BCUT2D eigenvalue weighted by atomic mass is 10.2. The van der Waals surface area contributed by atoms with E-state index in [-0.39, 0.29) is 11.9 Å². The number of hydrogen-bond donors (Lipinski definition) is 1. The van der Waals surface area contributed by atoms with Gasteiger partial charge in [0, 0.05) is 19.7 Å². The van der Waals surface area contributed by atoms with Crippen molar-refractivity contribution in [2.45, 2.75) is 31.8 Å². The molecule has 7 heteroatoms. The Morgan fingerprint density at radius 1 is 1.27 bits per heavy atom. The lowest BCUT2D eigenvalue weighted by molar-refractivity contribution is 0.127. The molecule has 0 saturated carbocycles. The second-order valence-electron chi connectivity index (χ2n) is 5.88. The van der Waals surface area contributed by atoms with Crippen LogP contribution in [0.3, 0.4) is 0 Å². The van der Waals surface area contributed by atoms with Crippen molar-refractivity contribution in [1.82, 2.24) is 0 Å². The van der Waals surface area contributed by atoms with Gasteiger partial charge in [-0.2, -0.15) is 0 Å². The van der Waals surface area contributed by atoms with E-state index in [1.807, 2.05) is 6.07 Å². The van der Waals surface area contributed by atoms with Gasteiger partial charge in [-0.3, -0.25) is 4.72 Å². The first-order chi connectivity index (χ1) is 10.5. The van der Waals surface area contributed by atoms with Crippen LogP contribution < -0.4 is 9.62 Å². The van der Waals surface area contributed by atoms with Crippen LogP contribution in [0.25, 0.3) is 0 Å². The zero-order valence-corrected chi connectivity index (χ0v) is 14.0. The molecule has 0 aliphatic carbocycles. The number of anilines is 2. The number of halogens is 1. The number of sulfonamides is 1. The van der Waals surface area contributed by atoms with Crippen LogP contribution in [0.1, 0.15) is 25.7 Å². The minimum Gasteiger partial charge on any atom is -0.377 e. The smallest absolute Gasteiger partial charge is 0.235 e. The van der Waals surface area contributed by atoms with Crippen LogP contribution in [0, 0.1) is 0 Å². The largest absolute Gasteiger partial charge is 0.377 e. The summed E-state index contributed by atoms with van der Waals surface area (Å²) in [6.45, 7) is 2.66. The monoisotopic (exact) mass is 344 g/mol. The molecule has 0 spiro atoms. The summed E-state index contributed by atoms with van der Waals surface area (Å²) in [5.41, 5.74) is 1.48. The molecule has 1 aromatic rings. The van der Waals surface area contributed by atoms with Crippen molar-refractivity contribution in [2.75, 3.05) is 35.1 Å². The van der Waals surface area contributed by atoms with Crippen molar-refractivity contribution in [1.29, 1.82) is 0 Å². The van der Waals surface area contributed by atoms with Gasteiger partial charge in [-0.05, 0) is 43.9 Å². The van der Waals surface area contributed by atoms with Crippen molar-refractivity contribution in [3.8, 4) is 0 Å². The molecule has 0 bridgehead atoms. The molecule has 0 aromatic heterocycles. The van der Waals surface area contributed by atoms with Crippen LogP contribution in [-0.4, -0.2) is 40.0 Å². The summed E-state index contributed by atoms with van der Waals surface area (Å²) in [4.78, 5) is 2.23. The quantitative estimate of drug-likeness (QED) is 0.892. The predicted molar refractivity (Wildman–Crippen MR) is 89.3 cm³/mol. The molecule has 0 radical (unpaired) electrons. The molecule has 2 aliphatic rings. The van der Waals surface area contributed by atoms with Crippen molar-refractivity contribution in [2.24, 2.45) is 0 Å². The third kappa shape index (κ3) is 3.86. The van der Waals surface area contributed by atoms with Gasteiger partial charge in [-0.15, -0.1) is 0 Å². The molecule has 0 amide bonds. The van der Waals surface area contributed by atoms with Crippen LogP contribution in [0.15, 0.2) is 18.2 Å². The maximum absolute atomic E-state index is 12.2. The first kappa shape index (κ1) is 15.9. The zero-order chi connectivity index (χ0) is 15.6. The average Bonchev–Trinajstić information content (AvgIpc) is 3.10. The molecule has 2 aliphatic heterocycles. The Morgan fingerprint density at radius 2 is 2.05 bits per heavy atom. The highest BCUT2D eigenvalue weighted by atomic mass is 35.5. The van der Waals surface area contributed by atoms with E-state index in [4.69, 9.17) is 16.3 Å².